The number of hydrogen-bond acceptors (Lipinski definition) is 4. The molecule has 5 heteroatoms. The molecule has 3 nitrogen and oxygen atoms in total. The molecule has 3 rings (SSSR count). The number of thiophene rings is 1. The zero-order chi connectivity index (χ0) is 16.9. The highest BCUT2D eigenvalue weighted by Gasteiger charge is 2.14. The minimum absolute atomic E-state index is 0.0772. The highest BCUT2D eigenvalue weighted by molar-refractivity contribution is 7.99. The number of aryl methyl sites for hydroxylation is 1. The number of benzene rings is 2. The van der Waals surface area contributed by atoms with E-state index in [1.807, 2.05) is 61.7 Å². The predicted octanol–water partition coefficient (Wildman–Crippen LogP) is 5.67. The van der Waals surface area contributed by atoms with E-state index in [-0.39, 0.29) is 5.91 Å². The Morgan fingerprint density at radius 3 is 2.50 bits per heavy atom. The first kappa shape index (κ1) is 16.6. The smallest absolute Gasteiger partial charge is 0.265 e. The van der Waals surface area contributed by atoms with Gasteiger partial charge in [-0.1, -0.05) is 48.3 Å². The second kappa shape index (κ2) is 7.55. The monoisotopic (exact) mass is 354 g/mol. The topological polar surface area (TPSA) is 41.1 Å². The zero-order valence-electron chi connectivity index (χ0n) is 13.5. The molecule has 0 aliphatic rings. The van der Waals surface area contributed by atoms with E-state index in [1.54, 1.807) is 0 Å². The average Bonchev–Trinajstić information content (AvgIpc) is 2.98. The van der Waals surface area contributed by atoms with Gasteiger partial charge in [-0.15, -0.1) is 11.3 Å². The Balaban J connectivity index is 1.80. The SMILES string of the molecule is CSNc1cccc(NC(=O)c2cc(-c3ccccc3)c(C)s2)c1. The Labute approximate surface area is 150 Å². The van der Waals surface area contributed by atoms with Crippen LogP contribution in [-0.2, 0) is 0 Å². The molecule has 0 bridgehead atoms. The summed E-state index contributed by atoms with van der Waals surface area (Å²) in [5.41, 5.74) is 4.00. The fourth-order valence-corrected chi connectivity index (χ4v) is 3.77. The molecule has 0 saturated heterocycles. The predicted molar refractivity (Wildman–Crippen MR) is 106 cm³/mol. The van der Waals surface area contributed by atoms with Crippen LogP contribution in [0.1, 0.15) is 14.5 Å². The number of amides is 1. The van der Waals surface area contributed by atoms with Gasteiger partial charge in [0.05, 0.1) is 4.88 Å². The van der Waals surface area contributed by atoms with Crippen LogP contribution < -0.4 is 10.0 Å². The molecule has 3 aromatic rings. The van der Waals surface area contributed by atoms with Gasteiger partial charge < -0.3 is 10.0 Å². The van der Waals surface area contributed by atoms with Crippen LogP contribution >= 0.6 is 23.3 Å². The first-order valence-electron chi connectivity index (χ1n) is 7.53. The highest BCUT2D eigenvalue weighted by atomic mass is 32.2. The van der Waals surface area contributed by atoms with E-state index >= 15 is 0 Å². The summed E-state index contributed by atoms with van der Waals surface area (Å²) < 4.78 is 3.16. The van der Waals surface area contributed by atoms with Gasteiger partial charge in [0, 0.05) is 22.5 Å². The van der Waals surface area contributed by atoms with Crippen LogP contribution in [0.5, 0.6) is 0 Å². The van der Waals surface area contributed by atoms with E-state index in [4.69, 9.17) is 0 Å². The Morgan fingerprint density at radius 1 is 1.00 bits per heavy atom. The van der Waals surface area contributed by atoms with Gasteiger partial charge >= 0.3 is 0 Å². The Kier molecular flexibility index (Phi) is 5.23. The van der Waals surface area contributed by atoms with Crippen molar-refractivity contribution in [2.24, 2.45) is 0 Å². The van der Waals surface area contributed by atoms with Gasteiger partial charge in [0.1, 0.15) is 0 Å². The summed E-state index contributed by atoms with van der Waals surface area (Å²) in [5, 5.41) is 2.97. The minimum Gasteiger partial charge on any atom is -0.330 e. The van der Waals surface area contributed by atoms with Crippen LogP contribution in [0, 0.1) is 6.92 Å². The summed E-state index contributed by atoms with van der Waals surface area (Å²) in [4.78, 5) is 14.4. The zero-order valence-corrected chi connectivity index (χ0v) is 15.1. The van der Waals surface area contributed by atoms with Gasteiger partial charge in [-0.3, -0.25) is 4.79 Å². The second-order valence-corrected chi connectivity index (χ2v) is 7.16. The summed E-state index contributed by atoms with van der Waals surface area (Å²) in [6, 6.07) is 19.8. The third kappa shape index (κ3) is 3.80. The van der Waals surface area contributed by atoms with Gasteiger partial charge in [-0.2, -0.15) is 0 Å². The summed E-state index contributed by atoms with van der Waals surface area (Å²) in [5.74, 6) is -0.0772. The number of carbonyl (C=O) groups excluding carboxylic acids is 1. The molecule has 24 heavy (non-hydrogen) atoms. The fraction of sp³-hybridized carbons (Fsp3) is 0.105. The Hall–Kier alpha value is -2.24. The van der Waals surface area contributed by atoms with E-state index in [0.717, 1.165) is 32.3 Å². The Morgan fingerprint density at radius 2 is 1.75 bits per heavy atom. The standard InChI is InChI=1S/C19H18N2OS2/c1-13-17(14-7-4-3-5-8-14)12-18(24-13)19(22)20-15-9-6-10-16(11-15)21-23-2/h3-12,21H,1-2H3,(H,20,22). The lowest BCUT2D eigenvalue weighted by molar-refractivity contribution is 0.103. The molecular weight excluding hydrogens is 336 g/mol. The van der Waals surface area contributed by atoms with Crippen molar-refractivity contribution in [3.05, 3.63) is 70.4 Å². The van der Waals surface area contributed by atoms with Crippen LogP contribution in [0.4, 0.5) is 11.4 Å². The van der Waals surface area contributed by atoms with Crippen molar-refractivity contribution in [1.82, 2.24) is 0 Å². The number of nitrogens with one attached hydrogen (secondary N) is 2. The van der Waals surface area contributed by atoms with Crippen LogP contribution in [0.2, 0.25) is 0 Å². The fourth-order valence-electron chi connectivity index (χ4n) is 2.47. The molecule has 0 fully saturated rings. The van der Waals surface area contributed by atoms with Crippen molar-refractivity contribution in [3.63, 3.8) is 0 Å². The van der Waals surface area contributed by atoms with E-state index in [0.29, 0.717) is 0 Å². The van der Waals surface area contributed by atoms with Gasteiger partial charge in [0.2, 0.25) is 0 Å². The van der Waals surface area contributed by atoms with Gasteiger partial charge in [0.15, 0.2) is 0 Å². The van der Waals surface area contributed by atoms with Crippen molar-refractivity contribution in [3.8, 4) is 11.1 Å². The number of carbonyl (C=O) groups is 1. The molecule has 0 saturated carbocycles. The van der Waals surface area contributed by atoms with Crippen LogP contribution in [-0.4, -0.2) is 12.2 Å². The molecule has 1 aromatic heterocycles. The Bertz CT molecular complexity index is 844. The third-order valence-corrected chi connectivity index (χ3v) is 5.06. The maximum Gasteiger partial charge on any atom is 0.265 e. The summed E-state index contributed by atoms with van der Waals surface area (Å²) >= 11 is 3.04. The molecule has 0 atom stereocenters. The third-order valence-electron chi connectivity index (χ3n) is 3.57. The van der Waals surface area contributed by atoms with E-state index in [9.17, 15) is 4.79 Å². The van der Waals surface area contributed by atoms with Crippen LogP contribution in [0.15, 0.2) is 60.7 Å². The molecule has 0 radical (unpaired) electrons. The van der Waals surface area contributed by atoms with Crippen molar-refractivity contribution >= 4 is 40.6 Å². The quantitative estimate of drug-likeness (QED) is 0.580. The lowest BCUT2D eigenvalue weighted by Crippen LogP contribution is -2.10. The maximum atomic E-state index is 12.6. The lowest BCUT2D eigenvalue weighted by Gasteiger charge is -2.06. The molecule has 1 amide bonds. The normalized spacial score (nSPS) is 10.4. The number of hydrogen-bond donors (Lipinski definition) is 2. The largest absolute Gasteiger partial charge is 0.330 e. The van der Waals surface area contributed by atoms with E-state index in [1.165, 1.54) is 23.3 Å². The second-order valence-electron chi connectivity index (χ2n) is 5.29. The first-order chi connectivity index (χ1) is 11.7. The molecule has 1 heterocycles. The van der Waals surface area contributed by atoms with Crippen LogP contribution in [0.3, 0.4) is 0 Å². The summed E-state index contributed by atoms with van der Waals surface area (Å²) in [7, 11) is 0. The first-order valence-corrected chi connectivity index (χ1v) is 9.58. The van der Waals surface area contributed by atoms with Crippen LogP contribution in [0.25, 0.3) is 11.1 Å². The molecule has 2 aromatic carbocycles. The average molecular weight is 355 g/mol. The molecule has 0 unspecified atom stereocenters. The molecule has 0 aliphatic carbocycles. The number of rotatable bonds is 5. The van der Waals surface area contributed by atoms with Crippen molar-refractivity contribution < 1.29 is 4.79 Å². The summed E-state index contributed by atoms with van der Waals surface area (Å²) in [6.07, 6.45) is 1.96. The highest BCUT2D eigenvalue weighted by Crippen LogP contribution is 2.31. The van der Waals surface area contributed by atoms with Gasteiger partial charge in [0.25, 0.3) is 5.91 Å². The molecule has 2 N–H and O–H groups in total. The van der Waals surface area contributed by atoms with Crippen molar-refractivity contribution in [1.29, 1.82) is 0 Å². The van der Waals surface area contributed by atoms with Crippen molar-refractivity contribution in [2.75, 3.05) is 16.3 Å². The lowest BCUT2D eigenvalue weighted by atomic mass is 10.1. The van der Waals surface area contributed by atoms with Crippen molar-refractivity contribution in [2.45, 2.75) is 6.92 Å². The molecular formula is C19H18N2OS2. The molecule has 0 spiro atoms. The minimum atomic E-state index is -0.0772. The molecule has 122 valence electrons. The number of anilines is 2. The van der Waals surface area contributed by atoms with E-state index in [2.05, 4.69) is 22.2 Å². The molecule has 0 aliphatic heterocycles. The van der Waals surface area contributed by atoms with Gasteiger partial charge in [-0.05, 0) is 42.3 Å². The summed E-state index contributed by atoms with van der Waals surface area (Å²) in [6.45, 7) is 2.05. The van der Waals surface area contributed by atoms with Gasteiger partial charge in [-0.25, -0.2) is 0 Å². The maximum absolute atomic E-state index is 12.6. The van der Waals surface area contributed by atoms with E-state index < -0.39 is 0 Å².